The van der Waals surface area contributed by atoms with E-state index in [0.29, 0.717) is 119 Å². The molecule has 3 aromatic carbocycles. The van der Waals surface area contributed by atoms with E-state index in [2.05, 4.69) is 73.3 Å². The summed E-state index contributed by atoms with van der Waals surface area (Å²) in [7, 11) is -12.0. The van der Waals surface area contributed by atoms with Gasteiger partial charge in [0.25, 0.3) is 25.9 Å². The summed E-state index contributed by atoms with van der Waals surface area (Å²) in [4.78, 5) is 160. The predicted molar refractivity (Wildman–Crippen MR) is 529 cm³/mol. The lowest BCUT2D eigenvalue weighted by atomic mass is 9.81. The van der Waals surface area contributed by atoms with E-state index < -0.39 is 118 Å². The van der Waals surface area contributed by atoms with Crippen LogP contribution in [0.5, 0.6) is 11.5 Å². The van der Waals surface area contributed by atoms with Crippen molar-refractivity contribution in [2.45, 2.75) is 214 Å². The number of rotatable bonds is 65. The van der Waals surface area contributed by atoms with Crippen LogP contribution in [-0.2, 0) is 113 Å². The quantitative estimate of drug-likeness (QED) is 0.00730. The normalized spacial score (nSPS) is 16.5. The van der Waals surface area contributed by atoms with E-state index in [9.17, 15) is 102 Å². The van der Waals surface area contributed by atoms with E-state index >= 15 is 0 Å². The van der Waals surface area contributed by atoms with Crippen molar-refractivity contribution in [2.24, 2.45) is 5.73 Å². The van der Waals surface area contributed by atoms with Gasteiger partial charge in [0.1, 0.15) is 42.0 Å². The summed E-state index contributed by atoms with van der Waals surface area (Å²) in [6.45, 7) is 16.3. The molecule has 45 nitrogen and oxygen atoms in total. The zero-order chi connectivity index (χ0) is 105. The summed E-state index contributed by atoms with van der Waals surface area (Å²) in [6.07, 6.45) is 18.0. The van der Waals surface area contributed by atoms with Crippen LogP contribution in [0.3, 0.4) is 0 Å². The Morgan fingerprint density at radius 3 is 1.84 bits per heavy atom. The number of thioether (sulfide) groups is 2. The predicted octanol–water partition coefficient (Wildman–Crippen LogP) is 3.59. The average Bonchev–Trinajstić information content (AvgIpc) is 1.59. The number of hydrogen-bond donors (Lipinski definition) is 15. The van der Waals surface area contributed by atoms with Crippen molar-refractivity contribution >= 4 is 147 Å². The first-order chi connectivity index (χ1) is 67.4. The Bertz CT molecular complexity index is 5310. The van der Waals surface area contributed by atoms with E-state index in [1.54, 1.807) is 26.0 Å². The summed E-state index contributed by atoms with van der Waals surface area (Å²) in [6, 6.07) is 9.31. The molecule has 0 aromatic heterocycles. The van der Waals surface area contributed by atoms with Crippen molar-refractivity contribution in [1.82, 2.24) is 63.8 Å². The Balaban J connectivity index is 0.000000439. The van der Waals surface area contributed by atoms with Gasteiger partial charge < -0.3 is 107 Å². The number of nitrogens with one attached hydrogen (secondary N) is 12. The van der Waals surface area contributed by atoms with E-state index in [1.807, 2.05) is 83.7 Å². The van der Waals surface area contributed by atoms with Crippen LogP contribution in [0.15, 0.2) is 94.4 Å². The van der Waals surface area contributed by atoms with Crippen molar-refractivity contribution in [1.29, 1.82) is 0 Å². The molecule has 3 unspecified atom stereocenters. The number of nitrogens with two attached hydrogens (primary N) is 1. The summed E-state index contributed by atoms with van der Waals surface area (Å²) in [5, 5.41) is 43.6. The number of nitro groups is 1. The molecule has 0 spiro atoms. The third-order valence-electron chi connectivity index (χ3n) is 23.1. The fraction of sp³-hybridized carbons (Fsp3) is 0.598. The molecule has 142 heavy (non-hydrogen) atoms. The molecule has 0 aliphatic carbocycles. The number of allylic oxidation sites excluding steroid dienone is 6. The number of likely N-dealkylation sites (N-methyl/N-ethyl adjacent to an activating group) is 1. The van der Waals surface area contributed by atoms with Crippen molar-refractivity contribution < 1.29 is 134 Å². The second-order valence-electron chi connectivity index (χ2n) is 34.5. The summed E-state index contributed by atoms with van der Waals surface area (Å²) < 4.78 is 135. The molecule has 2 fully saturated rings. The van der Waals surface area contributed by atoms with Crippen LogP contribution in [0.2, 0.25) is 0 Å². The van der Waals surface area contributed by atoms with Gasteiger partial charge in [0, 0.05) is 110 Å². The molecule has 790 valence electrons. The third-order valence-corrected chi connectivity index (χ3v) is 28.1. The number of methoxy groups -OCH3 is 1. The lowest BCUT2D eigenvalue weighted by molar-refractivity contribution is -0.438. The van der Waals surface area contributed by atoms with Gasteiger partial charge in [-0.25, -0.2) is 13.2 Å². The van der Waals surface area contributed by atoms with Crippen molar-refractivity contribution in [3.8, 4) is 11.5 Å². The van der Waals surface area contributed by atoms with Crippen LogP contribution in [0, 0.1) is 10.1 Å². The molecule has 4 aliphatic heterocycles. The smallest absolute Gasteiger partial charge is 0.315 e. The number of benzene rings is 3. The van der Waals surface area contributed by atoms with Crippen LogP contribution < -0.4 is 83.9 Å². The fourth-order valence-corrected chi connectivity index (χ4v) is 19.8. The van der Waals surface area contributed by atoms with Gasteiger partial charge in [-0.2, -0.15) is 33.2 Å². The van der Waals surface area contributed by atoms with E-state index in [-0.39, 0.29) is 185 Å². The molecule has 2 saturated heterocycles. The molecule has 4 aliphatic rings. The lowest BCUT2D eigenvalue weighted by Gasteiger charge is -2.25. The van der Waals surface area contributed by atoms with E-state index in [0.717, 1.165) is 53.4 Å². The number of carbonyl (C=O) groups is 12. The molecule has 16 N–H and O–H groups in total. The number of ether oxygens (including phenoxy) is 6. The number of amides is 12. The molecule has 4 heterocycles. The maximum atomic E-state index is 13.1. The zero-order valence-electron chi connectivity index (χ0n) is 81.7. The van der Waals surface area contributed by atoms with Crippen LogP contribution >= 0.6 is 23.5 Å². The third kappa shape index (κ3) is 41.1. The zero-order valence-corrected chi connectivity index (χ0v) is 85.8. The van der Waals surface area contributed by atoms with Crippen LogP contribution in [0.4, 0.5) is 21.9 Å². The van der Waals surface area contributed by atoms with Gasteiger partial charge in [-0.05, 0) is 146 Å². The van der Waals surface area contributed by atoms with Gasteiger partial charge in [0.2, 0.25) is 69.9 Å². The first-order valence-electron chi connectivity index (χ1n) is 47.1. The van der Waals surface area contributed by atoms with Crippen molar-refractivity contribution in [2.75, 3.05) is 154 Å². The maximum absolute atomic E-state index is 13.1. The van der Waals surface area contributed by atoms with Gasteiger partial charge in [-0.3, -0.25) is 72.0 Å². The molecule has 12 amide bonds. The summed E-state index contributed by atoms with van der Waals surface area (Å²) in [5.74, 6) is -3.76. The van der Waals surface area contributed by atoms with Gasteiger partial charge >= 0.3 is 6.03 Å². The summed E-state index contributed by atoms with van der Waals surface area (Å²) >= 11 is 2.45. The average molecular weight is 2090 g/mol. The fourth-order valence-electron chi connectivity index (χ4n) is 15.7. The number of carbonyl (C=O) groups excluding carboxylic acids is 12. The molecule has 6 atom stereocenters. The molecule has 0 radical (unpaired) electrons. The highest BCUT2D eigenvalue weighted by Gasteiger charge is 2.46. The Kier molecular flexibility index (Phi) is 51.3. The maximum Gasteiger partial charge on any atom is 0.315 e. The van der Waals surface area contributed by atoms with Gasteiger partial charge in [0.05, 0.1) is 135 Å². The number of nitro benzene ring substituents is 1. The molecular formula is C92H138N16O29S5. The number of urea groups is 1. The topological polar surface area (TPSA) is 646 Å². The van der Waals surface area contributed by atoms with Crippen molar-refractivity contribution in [3.63, 3.8) is 0 Å². The van der Waals surface area contributed by atoms with E-state index in [4.69, 9.17) is 38.7 Å². The van der Waals surface area contributed by atoms with Gasteiger partial charge in [-0.15, -0.1) is 0 Å². The molecule has 3 aromatic rings. The van der Waals surface area contributed by atoms with Gasteiger partial charge in [0.15, 0.2) is 17.2 Å². The minimum Gasteiger partial charge on any atom is -0.744 e. The largest absolute Gasteiger partial charge is 0.744 e. The Morgan fingerprint density at radius 1 is 0.627 bits per heavy atom. The second-order valence-corrected chi connectivity index (χ2v) is 41.3. The highest BCUT2D eigenvalue weighted by atomic mass is 32.2. The Morgan fingerprint density at radius 2 is 1.23 bits per heavy atom. The second kappa shape index (κ2) is 60.7. The number of nitrogens with zero attached hydrogens (tertiary/aromatic N) is 3. The highest BCUT2D eigenvalue weighted by Crippen LogP contribution is 2.49. The van der Waals surface area contributed by atoms with Gasteiger partial charge in [-0.1, -0.05) is 64.1 Å². The lowest BCUT2D eigenvalue weighted by Crippen LogP contribution is -2.51. The Hall–Kier alpha value is -10.8. The monoisotopic (exact) mass is 2090 g/mol. The standard InChI is InChI=1S/C50H69N7O15S4.C42H69N9O14S/c1-7-43(58)52-32-46(61)55-38(48(63)54-31-45(60)53-33-47(62)73-27-28-74(64,65)66)17-14-15-25-51-44(59)20-13-10-16-26-57-40-24-22-35(76(70,71)72)30-37(40)50(5,6)42(57)19-12-9-11-18-41-49(3,4)36-29-34(75(67,68)69)21-23-39(36)56(41)8-2;1-4-15-65-34-23-32(51(58)59)29(22-33(34)60-3)28(2)47-39(55)26-64-21-19-61-16-13-45-38(54)25-63-20-18-62-17-14-46-41(56)30(48-37(53)24-43)9-7-8-12-44-36(52)11-6-5-10-35-40-31(27-66-35)49-42(57)50-40/h9,11-12,18-19,21-24,29-30,38H,7-8,10,13-17,20,25-28,31-33H2,1-6H3,(H7-,51,52,53,54,55,58,59,60,61,63,64,65,66,67,68,69,70,71,72);22-23,28,30-31,35,40H,4-21,24-27,43H2,1-3H3,(H,44,52)(H,45,54)(H,46,56)(H,47,55)(H,48,53)(H2,49,50,57)/t38-;28?,30-,31?,35+,40?/m00/s1. The highest BCUT2D eigenvalue weighted by molar-refractivity contribution is 8.14. The first kappa shape index (κ1) is 120. The molecule has 7 rings (SSSR count). The molecule has 0 saturated carbocycles. The molecule has 0 bridgehead atoms. The first-order valence-corrected chi connectivity index (χ1v) is 53.6. The molecular weight excluding hydrogens is 1950 g/mol. The number of anilines is 1. The molecule has 50 heteroatoms. The van der Waals surface area contributed by atoms with Crippen LogP contribution in [0.25, 0.3) is 0 Å². The number of fused-ring (bicyclic) bond motifs is 3. The van der Waals surface area contributed by atoms with Crippen molar-refractivity contribution in [3.05, 3.63) is 111 Å². The van der Waals surface area contributed by atoms with Crippen LogP contribution in [0.1, 0.15) is 181 Å². The minimum atomic E-state index is -4.65. The number of hydrogen-bond acceptors (Lipinski definition) is 31. The minimum absolute atomic E-state index is 0.0306. The number of unbranched alkanes of at least 4 members (excludes halogenated alkanes) is 5. The Labute approximate surface area is 837 Å². The van der Waals surface area contributed by atoms with Crippen LogP contribution in [-0.4, -0.2) is 303 Å². The SMILES string of the molecule is CCC(=O)NCC(=O)N[C@@H](CCCCNC(=O)CCCCC[N+]1=C(C=CC=CC=C2N(CC)c3ccc(S(=O)(=O)[O-])cc3C2(C)C)C(C)(C)c2cc(S(=O)(=O)O)ccc21)C(=O)NCC(=O)NCC(=O)SCCS(=O)(=O)O.CCCOc1cc([N+](=O)[O-])c(C(C)NC(=O)COCCOCCNC(=O)COCCOCCNC(=O)[C@H](CCCCNC(=O)CCCC[C@H]2SCC3NC(=O)NC32)NC(=O)CN)cc1OC. The summed E-state index contributed by atoms with van der Waals surface area (Å²) in [5.41, 5.74) is 8.97. The van der Waals surface area contributed by atoms with E-state index in [1.165, 1.54) is 43.5 Å².